The molecule has 0 heterocycles. The highest BCUT2D eigenvalue weighted by Gasteiger charge is 2.12. The minimum Gasteiger partial charge on any atom is -0.450 e. The van der Waals surface area contributed by atoms with Crippen LogP contribution in [0.2, 0.25) is 0 Å². The molecular formula is C21H12O4. The second-order valence-electron chi connectivity index (χ2n) is 4.09. The second-order valence-corrected chi connectivity index (χ2v) is 4.09. The number of aliphatic hydroxyl groups excluding tert-OH is 1. The molecule has 25 heavy (non-hydrogen) atoms. The van der Waals surface area contributed by atoms with E-state index >= 15 is 0 Å². The van der Waals surface area contributed by atoms with Crippen molar-refractivity contribution in [2.24, 2.45) is 0 Å². The van der Waals surface area contributed by atoms with Crippen LogP contribution in [0.3, 0.4) is 0 Å². The lowest BCUT2D eigenvalue weighted by Gasteiger charge is -2.12. The maximum absolute atomic E-state index is 11.4. The number of aliphatic hydroxyl groups is 1. The van der Waals surface area contributed by atoms with Gasteiger partial charge in [0.05, 0.1) is 6.61 Å². The van der Waals surface area contributed by atoms with Crippen molar-refractivity contribution >= 4 is 11.8 Å². The van der Waals surface area contributed by atoms with Gasteiger partial charge in [0, 0.05) is 12.3 Å². The summed E-state index contributed by atoms with van der Waals surface area (Å²) in [7, 11) is 0. The first-order chi connectivity index (χ1) is 12.1. The van der Waals surface area contributed by atoms with Crippen molar-refractivity contribution in [2.45, 2.75) is 25.9 Å². The molecule has 120 valence electrons. The summed E-state index contributed by atoms with van der Waals surface area (Å²) in [5.41, 5.74) is 0. The second kappa shape index (κ2) is 14.9. The van der Waals surface area contributed by atoms with Crippen molar-refractivity contribution in [3.05, 3.63) is 0 Å². The molecule has 0 amide bonds. The Balaban J connectivity index is 4.42. The van der Waals surface area contributed by atoms with Crippen LogP contribution in [-0.2, 0) is 14.3 Å². The Hall–Kier alpha value is -3.98. The van der Waals surface area contributed by atoms with Crippen LogP contribution >= 0.6 is 0 Å². The monoisotopic (exact) mass is 328 g/mol. The predicted octanol–water partition coefficient (Wildman–Crippen LogP) is -0.0867. The Morgan fingerprint density at radius 1 is 0.920 bits per heavy atom. The van der Waals surface area contributed by atoms with Crippen LogP contribution < -0.4 is 0 Å². The molecular weight excluding hydrogens is 316 g/mol. The number of terminal acetylenes is 1. The maximum Gasteiger partial charge on any atom is 0.385 e. The standard InChI is InChI=1S/C21H12O4/c1-3-4-5-6-7-8-9-10-11-12-13-14-15-21(24)25-20(18-22)17-16-19(2)23/h1,20,22H,16-18H2,2H3/t20-/m0/s1. The number of ketones is 1. The quantitative estimate of drug-likeness (QED) is 0.435. The third-order valence-electron chi connectivity index (χ3n) is 2.16. The van der Waals surface area contributed by atoms with E-state index in [0.29, 0.717) is 0 Å². The molecule has 0 bridgehead atoms. The van der Waals surface area contributed by atoms with Gasteiger partial charge >= 0.3 is 5.97 Å². The number of hydrogen-bond acceptors (Lipinski definition) is 4. The van der Waals surface area contributed by atoms with E-state index < -0.39 is 12.1 Å². The molecule has 1 N–H and O–H groups in total. The summed E-state index contributed by atoms with van der Waals surface area (Å²) < 4.78 is 4.87. The Bertz CT molecular complexity index is 909. The Morgan fingerprint density at radius 2 is 1.40 bits per heavy atom. The summed E-state index contributed by atoms with van der Waals surface area (Å²) in [6, 6.07) is 0. The molecule has 0 aromatic carbocycles. The van der Waals surface area contributed by atoms with Gasteiger partial charge in [-0.1, -0.05) is 0 Å². The van der Waals surface area contributed by atoms with Crippen LogP contribution in [-0.4, -0.2) is 29.6 Å². The highest BCUT2D eigenvalue weighted by Crippen LogP contribution is 2.02. The first-order valence-electron chi connectivity index (χ1n) is 6.87. The molecule has 0 spiro atoms. The van der Waals surface area contributed by atoms with Crippen molar-refractivity contribution in [3.8, 4) is 83.4 Å². The number of carbonyl (C=O) groups is 2. The summed E-state index contributed by atoms with van der Waals surface area (Å²) in [6.45, 7) is 1.03. The average molecular weight is 328 g/mol. The van der Waals surface area contributed by atoms with Crippen LogP contribution in [0, 0.1) is 83.4 Å². The number of Topliss-reactive ketones (excluding diaryl/α,β-unsaturated/α-hetero) is 1. The zero-order valence-electron chi connectivity index (χ0n) is 13.4. The lowest BCUT2D eigenvalue weighted by molar-refractivity contribution is -0.144. The first-order valence-corrected chi connectivity index (χ1v) is 6.87. The Morgan fingerprint density at radius 3 is 1.84 bits per heavy atom. The number of hydrogen-bond donors (Lipinski definition) is 1. The summed E-state index contributed by atoms with van der Waals surface area (Å²) in [5, 5.41) is 9.04. The number of ether oxygens (including phenoxy) is 1. The van der Waals surface area contributed by atoms with Gasteiger partial charge in [-0.3, -0.25) is 0 Å². The van der Waals surface area contributed by atoms with Gasteiger partial charge in [-0.25, -0.2) is 4.79 Å². The third kappa shape index (κ3) is 14.7. The Labute approximate surface area is 147 Å². The third-order valence-corrected chi connectivity index (χ3v) is 2.16. The summed E-state index contributed by atoms with van der Waals surface area (Å²) in [4.78, 5) is 22.2. The number of esters is 1. The van der Waals surface area contributed by atoms with E-state index in [4.69, 9.17) is 16.3 Å². The smallest absolute Gasteiger partial charge is 0.385 e. The van der Waals surface area contributed by atoms with Gasteiger partial charge in [0.2, 0.25) is 0 Å². The summed E-state index contributed by atoms with van der Waals surface area (Å²) >= 11 is 0. The first kappa shape index (κ1) is 21.0. The highest BCUT2D eigenvalue weighted by molar-refractivity contribution is 5.89. The van der Waals surface area contributed by atoms with Crippen LogP contribution in [0.4, 0.5) is 0 Å². The van der Waals surface area contributed by atoms with E-state index in [2.05, 4.69) is 77.0 Å². The molecule has 0 rings (SSSR count). The largest absolute Gasteiger partial charge is 0.450 e. The van der Waals surface area contributed by atoms with Crippen LogP contribution in [0.15, 0.2) is 0 Å². The average Bonchev–Trinajstić information content (AvgIpc) is 2.59. The van der Waals surface area contributed by atoms with Gasteiger partial charge in [0.25, 0.3) is 0 Å². The van der Waals surface area contributed by atoms with Gasteiger partial charge in [-0.15, -0.1) is 6.42 Å². The lowest BCUT2D eigenvalue weighted by atomic mass is 10.1. The van der Waals surface area contributed by atoms with E-state index in [1.54, 1.807) is 0 Å². The Kier molecular flexibility index (Phi) is 12.6. The van der Waals surface area contributed by atoms with Gasteiger partial charge in [0.1, 0.15) is 11.9 Å². The zero-order chi connectivity index (χ0) is 18.8. The van der Waals surface area contributed by atoms with E-state index in [9.17, 15) is 9.59 Å². The number of carbonyl (C=O) groups excluding carboxylic acids is 2. The molecule has 0 aliphatic carbocycles. The van der Waals surface area contributed by atoms with Gasteiger partial charge in [-0.2, -0.15) is 0 Å². The minimum absolute atomic E-state index is 0.0559. The topological polar surface area (TPSA) is 63.6 Å². The van der Waals surface area contributed by atoms with Crippen molar-refractivity contribution < 1.29 is 19.4 Å². The van der Waals surface area contributed by atoms with Gasteiger partial charge in [-0.05, 0) is 84.4 Å². The van der Waals surface area contributed by atoms with E-state index in [1.807, 2.05) is 0 Å². The molecule has 0 aromatic rings. The number of rotatable bonds is 5. The molecule has 0 aliphatic rings. The van der Waals surface area contributed by atoms with Crippen molar-refractivity contribution in [1.82, 2.24) is 0 Å². The fraction of sp³-hybridized carbons (Fsp3) is 0.238. The molecule has 0 aliphatic heterocycles. The SMILES string of the molecule is C#CC#CC#CC#CC#CC#CC#CC(=O)O[C@H](CO)CCC(C)=O. The van der Waals surface area contributed by atoms with Crippen LogP contribution in [0.5, 0.6) is 0 Å². The normalized spacial score (nSPS) is 7.88. The fourth-order valence-corrected chi connectivity index (χ4v) is 1.13. The van der Waals surface area contributed by atoms with Crippen LogP contribution in [0.1, 0.15) is 19.8 Å². The fourth-order valence-electron chi connectivity index (χ4n) is 1.13. The minimum atomic E-state index is -0.840. The zero-order valence-corrected chi connectivity index (χ0v) is 13.4. The van der Waals surface area contributed by atoms with Gasteiger partial charge in [0.15, 0.2) is 0 Å². The highest BCUT2D eigenvalue weighted by atomic mass is 16.5. The van der Waals surface area contributed by atoms with Crippen molar-refractivity contribution in [2.75, 3.05) is 6.61 Å². The van der Waals surface area contributed by atoms with Gasteiger partial charge < -0.3 is 14.6 Å². The molecule has 4 nitrogen and oxygen atoms in total. The predicted molar refractivity (Wildman–Crippen MR) is 92.4 cm³/mol. The van der Waals surface area contributed by atoms with Crippen molar-refractivity contribution in [3.63, 3.8) is 0 Å². The van der Waals surface area contributed by atoms with E-state index in [-0.39, 0.29) is 25.2 Å². The molecule has 0 saturated carbocycles. The lowest BCUT2D eigenvalue weighted by Crippen LogP contribution is -2.21. The molecule has 4 heteroatoms. The van der Waals surface area contributed by atoms with E-state index in [1.165, 1.54) is 6.92 Å². The molecule has 0 fully saturated rings. The molecule has 0 saturated heterocycles. The molecule has 0 radical (unpaired) electrons. The summed E-state index contributed by atoms with van der Waals surface area (Å²) in [6.07, 6.45) is 4.58. The van der Waals surface area contributed by atoms with E-state index in [0.717, 1.165) is 0 Å². The summed E-state index contributed by atoms with van der Waals surface area (Å²) in [5.74, 6) is 29.4. The molecule has 1 atom stereocenters. The van der Waals surface area contributed by atoms with Crippen LogP contribution in [0.25, 0.3) is 0 Å². The molecule has 0 unspecified atom stereocenters. The maximum atomic E-state index is 11.4. The van der Waals surface area contributed by atoms with Crippen molar-refractivity contribution in [1.29, 1.82) is 0 Å². The molecule has 0 aromatic heterocycles.